The Morgan fingerprint density at radius 1 is 0.966 bits per heavy atom. The van der Waals surface area contributed by atoms with Crippen molar-refractivity contribution < 1.29 is 14.3 Å². The number of amides is 1. The number of benzene rings is 3. The van der Waals surface area contributed by atoms with Gasteiger partial charge in [-0.15, -0.1) is 0 Å². The van der Waals surface area contributed by atoms with Crippen LogP contribution in [0.15, 0.2) is 66.7 Å². The Bertz CT molecular complexity index is 993. The van der Waals surface area contributed by atoms with Gasteiger partial charge in [0.15, 0.2) is 0 Å². The first-order valence-corrected chi connectivity index (χ1v) is 10.0. The van der Waals surface area contributed by atoms with Crippen molar-refractivity contribution in [1.82, 2.24) is 5.32 Å². The van der Waals surface area contributed by atoms with Crippen LogP contribution in [-0.2, 0) is 16.1 Å². The molecule has 4 nitrogen and oxygen atoms in total. The minimum absolute atomic E-state index is 0.158. The summed E-state index contributed by atoms with van der Waals surface area (Å²) in [6.45, 7) is 4.16. The van der Waals surface area contributed by atoms with E-state index >= 15 is 0 Å². The lowest BCUT2D eigenvalue weighted by Crippen LogP contribution is -2.42. The maximum Gasteiger partial charge on any atom is 0.328 e. The zero-order valence-electron chi connectivity index (χ0n) is 16.5. The first-order valence-electron chi connectivity index (χ1n) is 9.63. The highest BCUT2D eigenvalue weighted by Gasteiger charge is 2.24. The minimum Gasteiger partial charge on any atom is -0.459 e. The fourth-order valence-corrected chi connectivity index (χ4v) is 3.32. The fourth-order valence-electron chi connectivity index (χ4n) is 3.20. The van der Waals surface area contributed by atoms with E-state index in [9.17, 15) is 9.59 Å². The summed E-state index contributed by atoms with van der Waals surface area (Å²) in [5, 5.41) is 5.49. The molecule has 0 aliphatic heterocycles. The second-order valence-electron chi connectivity index (χ2n) is 7.41. The normalized spacial score (nSPS) is 12.0. The van der Waals surface area contributed by atoms with Crippen LogP contribution in [0.2, 0.25) is 5.02 Å². The molecule has 1 atom stereocenters. The van der Waals surface area contributed by atoms with Gasteiger partial charge < -0.3 is 10.1 Å². The highest BCUT2D eigenvalue weighted by Crippen LogP contribution is 2.20. The molecule has 0 spiro atoms. The summed E-state index contributed by atoms with van der Waals surface area (Å²) in [7, 11) is 0. The molecule has 0 aliphatic carbocycles. The van der Waals surface area contributed by atoms with E-state index in [1.54, 1.807) is 24.3 Å². The van der Waals surface area contributed by atoms with Gasteiger partial charge in [0.05, 0.1) is 0 Å². The molecule has 29 heavy (non-hydrogen) atoms. The average molecular weight is 410 g/mol. The summed E-state index contributed by atoms with van der Waals surface area (Å²) >= 11 is 5.88. The summed E-state index contributed by atoms with van der Waals surface area (Å²) < 4.78 is 5.58. The lowest BCUT2D eigenvalue weighted by Gasteiger charge is -2.20. The van der Waals surface area contributed by atoms with E-state index in [0.717, 1.165) is 16.3 Å². The van der Waals surface area contributed by atoms with Crippen molar-refractivity contribution in [2.45, 2.75) is 32.9 Å². The van der Waals surface area contributed by atoms with Gasteiger partial charge in [-0.2, -0.15) is 0 Å². The molecular weight excluding hydrogens is 386 g/mol. The third kappa shape index (κ3) is 5.58. The van der Waals surface area contributed by atoms with Crippen molar-refractivity contribution in [3.05, 3.63) is 82.9 Å². The van der Waals surface area contributed by atoms with Gasteiger partial charge in [0.1, 0.15) is 12.6 Å². The summed E-state index contributed by atoms with van der Waals surface area (Å²) in [4.78, 5) is 25.3. The second-order valence-corrected chi connectivity index (χ2v) is 7.84. The molecule has 5 heteroatoms. The van der Waals surface area contributed by atoms with Gasteiger partial charge in [-0.3, -0.25) is 4.79 Å². The molecule has 1 N–H and O–H groups in total. The molecule has 0 radical (unpaired) electrons. The summed E-state index contributed by atoms with van der Waals surface area (Å²) in [6.07, 6.45) is 0.494. The van der Waals surface area contributed by atoms with Crippen LogP contribution in [0.5, 0.6) is 0 Å². The molecule has 0 heterocycles. The van der Waals surface area contributed by atoms with E-state index in [0.29, 0.717) is 17.0 Å². The Morgan fingerprint density at radius 2 is 1.66 bits per heavy atom. The van der Waals surface area contributed by atoms with Crippen LogP contribution in [0.3, 0.4) is 0 Å². The summed E-state index contributed by atoms with van der Waals surface area (Å²) in [6, 6.07) is 19.7. The van der Waals surface area contributed by atoms with Gasteiger partial charge in [0, 0.05) is 10.6 Å². The van der Waals surface area contributed by atoms with Crippen molar-refractivity contribution in [2.24, 2.45) is 5.92 Å². The van der Waals surface area contributed by atoms with Crippen LogP contribution in [0.25, 0.3) is 10.8 Å². The molecule has 3 aromatic rings. The minimum atomic E-state index is -0.715. The summed E-state index contributed by atoms with van der Waals surface area (Å²) in [5.41, 5.74) is 1.38. The predicted molar refractivity (Wildman–Crippen MR) is 116 cm³/mol. The van der Waals surface area contributed by atoms with E-state index in [-0.39, 0.29) is 18.4 Å². The molecule has 3 aromatic carbocycles. The van der Waals surface area contributed by atoms with Crippen LogP contribution < -0.4 is 5.32 Å². The quantitative estimate of drug-likeness (QED) is 0.533. The van der Waals surface area contributed by atoms with E-state index in [1.165, 1.54) is 0 Å². The Hall–Kier alpha value is -2.85. The van der Waals surface area contributed by atoms with Crippen molar-refractivity contribution in [1.29, 1.82) is 0 Å². The molecule has 0 fully saturated rings. The SMILES string of the molecule is CC(C)C[C@@H](NC(=O)c1ccc(Cl)cc1)C(=O)OCc1cccc2ccccc12. The van der Waals surface area contributed by atoms with Crippen LogP contribution in [0, 0.1) is 5.92 Å². The van der Waals surface area contributed by atoms with E-state index in [2.05, 4.69) is 5.32 Å². The number of halogens is 1. The second kappa shape index (κ2) is 9.57. The monoisotopic (exact) mass is 409 g/mol. The van der Waals surface area contributed by atoms with Crippen LogP contribution in [0.1, 0.15) is 36.2 Å². The van der Waals surface area contributed by atoms with Gasteiger partial charge in [-0.05, 0) is 52.9 Å². The third-order valence-electron chi connectivity index (χ3n) is 4.65. The number of ether oxygens (including phenoxy) is 1. The lowest BCUT2D eigenvalue weighted by molar-refractivity contribution is -0.147. The van der Waals surface area contributed by atoms with Crippen LogP contribution in [0.4, 0.5) is 0 Å². The topological polar surface area (TPSA) is 55.4 Å². The van der Waals surface area contributed by atoms with E-state index in [4.69, 9.17) is 16.3 Å². The van der Waals surface area contributed by atoms with Gasteiger partial charge in [-0.1, -0.05) is 67.9 Å². The van der Waals surface area contributed by atoms with Crippen LogP contribution in [-0.4, -0.2) is 17.9 Å². The third-order valence-corrected chi connectivity index (χ3v) is 4.91. The molecule has 1 amide bonds. The van der Waals surface area contributed by atoms with Crippen molar-refractivity contribution in [2.75, 3.05) is 0 Å². The molecule has 0 aliphatic rings. The first kappa shape index (κ1) is 20.9. The molecule has 150 valence electrons. The smallest absolute Gasteiger partial charge is 0.328 e. The fraction of sp³-hybridized carbons (Fsp3) is 0.250. The maximum absolute atomic E-state index is 12.8. The first-order chi connectivity index (χ1) is 13.9. The number of hydrogen-bond acceptors (Lipinski definition) is 3. The highest BCUT2D eigenvalue weighted by atomic mass is 35.5. The van der Waals surface area contributed by atoms with Crippen molar-refractivity contribution in [3.8, 4) is 0 Å². The number of carbonyl (C=O) groups is 2. The van der Waals surface area contributed by atoms with Gasteiger partial charge in [0.25, 0.3) is 5.91 Å². The number of carbonyl (C=O) groups excluding carboxylic acids is 2. The Labute approximate surface area is 175 Å². The van der Waals surface area contributed by atoms with E-state index < -0.39 is 12.0 Å². The molecule has 3 rings (SSSR count). The number of rotatable bonds is 7. The number of hydrogen-bond donors (Lipinski definition) is 1. The van der Waals surface area contributed by atoms with Crippen LogP contribution >= 0.6 is 11.6 Å². The van der Waals surface area contributed by atoms with Gasteiger partial charge >= 0.3 is 5.97 Å². The van der Waals surface area contributed by atoms with Crippen molar-refractivity contribution >= 4 is 34.2 Å². The van der Waals surface area contributed by atoms with Gasteiger partial charge in [-0.25, -0.2) is 4.79 Å². The lowest BCUT2D eigenvalue weighted by atomic mass is 10.0. The Kier molecular flexibility index (Phi) is 6.89. The highest BCUT2D eigenvalue weighted by molar-refractivity contribution is 6.30. The predicted octanol–water partition coefficient (Wildman–Crippen LogP) is 5.38. The number of esters is 1. The number of fused-ring (bicyclic) bond motifs is 1. The Morgan fingerprint density at radius 3 is 2.38 bits per heavy atom. The molecule has 0 aromatic heterocycles. The largest absolute Gasteiger partial charge is 0.459 e. The molecule has 0 saturated carbocycles. The average Bonchev–Trinajstić information content (AvgIpc) is 2.71. The standard InChI is InChI=1S/C24H24ClNO3/c1-16(2)14-22(26-23(27)18-10-12-20(25)13-11-18)24(28)29-15-19-8-5-7-17-6-3-4-9-21(17)19/h3-13,16,22H,14-15H2,1-2H3,(H,26,27)/t22-/m1/s1. The molecule has 0 unspecified atom stereocenters. The van der Waals surface area contributed by atoms with E-state index in [1.807, 2.05) is 56.3 Å². The van der Waals surface area contributed by atoms with Gasteiger partial charge in [0.2, 0.25) is 0 Å². The molecule has 0 bridgehead atoms. The van der Waals surface area contributed by atoms with Crippen molar-refractivity contribution in [3.63, 3.8) is 0 Å². The maximum atomic E-state index is 12.8. The number of nitrogens with one attached hydrogen (secondary N) is 1. The Balaban J connectivity index is 1.70. The zero-order valence-corrected chi connectivity index (χ0v) is 17.3. The molecule has 0 saturated heterocycles. The summed E-state index contributed by atoms with van der Waals surface area (Å²) in [5.74, 6) is -0.543. The molecular formula is C24H24ClNO3. The zero-order chi connectivity index (χ0) is 20.8.